The number of carbonyl (C=O) groups is 2. The van der Waals surface area contributed by atoms with Gasteiger partial charge in [0.2, 0.25) is 11.8 Å². The first kappa shape index (κ1) is 17.2. The molecule has 2 aliphatic rings. The number of halogens is 1. The van der Waals surface area contributed by atoms with Crippen LogP contribution in [0.4, 0.5) is 0 Å². The molecule has 0 aliphatic carbocycles. The van der Waals surface area contributed by atoms with Crippen molar-refractivity contribution in [3.05, 3.63) is 0 Å². The zero-order valence-corrected chi connectivity index (χ0v) is 13.5. The molecule has 116 valence electrons. The molecule has 0 bridgehead atoms. The monoisotopic (exact) mass is 303 g/mol. The molecular weight excluding hydrogens is 278 g/mol. The summed E-state index contributed by atoms with van der Waals surface area (Å²) in [6, 6.07) is 0.00451. The Balaban J connectivity index is 0.00000200. The van der Waals surface area contributed by atoms with E-state index >= 15 is 0 Å². The van der Waals surface area contributed by atoms with Crippen LogP contribution in [0.5, 0.6) is 0 Å². The molecule has 1 atom stereocenters. The van der Waals surface area contributed by atoms with E-state index in [9.17, 15) is 9.59 Å². The van der Waals surface area contributed by atoms with Crippen LogP contribution >= 0.6 is 12.4 Å². The van der Waals surface area contributed by atoms with Crippen molar-refractivity contribution in [1.29, 1.82) is 0 Å². The summed E-state index contributed by atoms with van der Waals surface area (Å²) >= 11 is 0. The Hall–Kier alpha value is -0.810. The molecule has 5 nitrogen and oxygen atoms in total. The Morgan fingerprint density at radius 1 is 1.05 bits per heavy atom. The Morgan fingerprint density at radius 2 is 1.60 bits per heavy atom. The van der Waals surface area contributed by atoms with Crippen LogP contribution in [0, 0.1) is 5.41 Å². The molecule has 1 unspecified atom stereocenters. The van der Waals surface area contributed by atoms with Crippen molar-refractivity contribution in [2.45, 2.75) is 39.7 Å². The third-order valence-corrected chi connectivity index (χ3v) is 3.88. The number of amides is 2. The Kier molecular flexibility index (Phi) is 5.83. The van der Waals surface area contributed by atoms with Gasteiger partial charge in [0.1, 0.15) is 0 Å². The lowest BCUT2D eigenvalue weighted by Crippen LogP contribution is -2.55. The summed E-state index contributed by atoms with van der Waals surface area (Å²) in [6.45, 7) is 9.42. The van der Waals surface area contributed by atoms with Crippen molar-refractivity contribution in [1.82, 2.24) is 15.1 Å². The highest BCUT2D eigenvalue weighted by atomic mass is 35.5. The summed E-state index contributed by atoms with van der Waals surface area (Å²) in [5.41, 5.74) is -0.334. The van der Waals surface area contributed by atoms with E-state index in [-0.39, 0.29) is 35.7 Å². The Bertz CT molecular complexity index is 354. The van der Waals surface area contributed by atoms with E-state index < -0.39 is 0 Å². The number of carbonyl (C=O) groups excluding carboxylic acids is 2. The molecule has 0 aromatic rings. The van der Waals surface area contributed by atoms with Gasteiger partial charge in [-0.2, -0.15) is 0 Å². The SMILES string of the molecule is CC(C)(C)C(=O)N1CCN(C(=O)C2CCCN2)CC1.Cl. The van der Waals surface area contributed by atoms with Crippen LogP contribution in [0.2, 0.25) is 0 Å². The molecule has 2 aliphatic heterocycles. The number of piperazine rings is 1. The third kappa shape index (κ3) is 3.85. The largest absolute Gasteiger partial charge is 0.339 e. The molecule has 0 aromatic heterocycles. The van der Waals surface area contributed by atoms with Crippen LogP contribution in [0.25, 0.3) is 0 Å². The first-order chi connectivity index (χ1) is 8.89. The Morgan fingerprint density at radius 3 is 2.05 bits per heavy atom. The minimum atomic E-state index is -0.334. The zero-order chi connectivity index (χ0) is 14.0. The maximum Gasteiger partial charge on any atom is 0.239 e. The van der Waals surface area contributed by atoms with Crippen LogP contribution in [0.15, 0.2) is 0 Å². The van der Waals surface area contributed by atoms with Crippen molar-refractivity contribution < 1.29 is 9.59 Å². The van der Waals surface area contributed by atoms with Crippen molar-refractivity contribution in [3.8, 4) is 0 Å². The zero-order valence-electron chi connectivity index (χ0n) is 12.6. The van der Waals surface area contributed by atoms with Gasteiger partial charge in [-0.15, -0.1) is 12.4 Å². The average Bonchev–Trinajstić information content (AvgIpc) is 2.90. The standard InChI is InChI=1S/C14H25N3O2.ClH/c1-14(2,3)13(19)17-9-7-16(8-10-17)12(18)11-5-4-6-15-11;/h11,15H,4-10H2,1-3H3;1H. The molecule has 0 spiro atoms. The second-order valence-electron chi connectivity index (χ2n) is 6.52. The fourth-order valence-electron chi connectivity index (χ4n) is 2.72. The summed E-state index contributed by atoms with van der Waals surface area (Å²) < 4.78 is 0. The smallest absolute Gasteiger partial charge is 0.239 e. The first-order valence-corrected chi connectivity index (χ1v) is 7.21. The first-order valence-electron chi connectivity index (χ1n) is 7.21. The van der Waals surface area contributed by atoms with E-state index in [1.165, 1.54) is 0 Å². The van der Waals surface area contributed by atoms with Gasteiger partial charge in [0.05, 0.1) is 6.04 Å². The lowest BCUT2D eigenvalue weighted by atomic mass is 9.94. The predicted molar refractivity (Wildman–Crippen MR) is 80.9 cm³/mol. The van der Waals surface area contributed by atoms with Gasteiger partial charge >= 0.3 is 0 Å². The number of rotatable bonds is 1. The van der Waals surface area contributed by atoms with E-state index in [0.717, 1.165) is 19.4 Å². The van der Waals surface area contributed by atoms with Crippen LogP contribution in [0.3, 0.4) is 0 Å². The lowest BCUT2D eigenvalue weighted by Gasteiger charge is -2.38. The molecule has 2 saturated heterocycles. The van der Waals surface area contributed by atoms with E-state index in [2.05, 4.69) is 5.32 Å². The van der Waals surface area contributed by atoms with Crippen LogP contribution in [-0.2, 0) is 9.59 Å². The molecule has 0 radical (unpaired) electrons. The number of hydrogen-bond acceptors (Lipinski definition) is 3. The predicted octanol–water partition coefficient (Wildman–Crippen LogP) is 0.877. The molecule has 6 heteroatoms. The molecular formula is C14H26ClN3O2. The lowest BCUT2D eigenvalue weighted by molar-refractivity contribution is -0.145. The van der Waals surface area contributed by atoms with Crippen molar-refractivity contribution in [3.63, 3.8) is 0 Å². The summed E-state index contributed by atoms with van der Waals surface area (Å²) in [4.78, 5) is 28.2. The molecule has 1 N–H and O–H groups in total. The second kappa shape index (κ2) is 6.76. The van der Waals surface area contributed by atoms with Gasteiger partial charge in [-0.05, 0) is 19.4 Å². The van der Waals surface area contributed by atoms with Gasteiger partial charge in [0.25, 0.3) is 0 Å². The van der Waals surface area contributed by atoms with Crippen LogP contribution in [0.1, 0.15) is 33.6 Å². The molecule has 0 aromatic carbocycles. The van der Waals surface area contributed by atoms with Gasteiger partial charge in [0, 0.05) is 31.6 Å². The van der Waals surface area contributed by atoms with Crippen molar-refractivity contribution in [2.75, 3.05) is 32.7 Å². The molecule has 20 heavy (non-hydrogen) atoms. The van der Waals surface area contributed by atoms with E-state index in [0.29, 0.717) is 26.2 Å². The number of nitrogens with one attached hydrogen (secondary N) is 1. The number of nitrogens with zero attached hydrogens (tertiary/aromatic N) is 2. The minimum absolute atomic E-state index is 0. The number of hydrogen-bond donors (Lipinski definition) is 1. The van der Waals surface area contributed by atoms with E-state index in [1.807, 2.05) is 30.6 Å². The molecule has 2 rings (SSSR count). The van der Waals surface area contributed by atoms with Gasteiger partial charge in [0.15, 0.2) is 0 Å². The van der Waals surface area contributed by atoms with Gasteiger partial charge in [-0.3, -0.25) is 9.59 Å². The molecule has 2 heterocycles. The summed E-state index contributed by atoms with van der Waals surface area (Å²) in [6.07, 6.45) is 2.03. The second-order valence-corrected chi connectivity index (χ2v) is 6.52. The van der Waals surface area contributed by atoms with Crippen molar-refractivity contribution in [2.24, 2.45) is 5.41 Å². The Labute approximate surface area is 127 Å². The summed E-state index contributed by atoms with van der Waals surface area (Å²) in [5, 5.41) is 3.24. The quantitative estimate of drug-likeness (QED) is 0.782. The topological polar surface area (TPSA) is 52.7 Å². The third-order valence-electron chi connectivity index (χ3n) is 3.88. The summed E-state index contributed by atoms with van der Waals surface area (Å²) in [7, 11) is 0. The van der Waals surface area contributed by atoms with Gasteiger partial charge < -0.3 is 15.1 Å². The maximum absolute atomic E-state index is 12.2. The van der Waals surface area contributed by atoms with E-state index in [4.69, 9.17) is 0 Å². The van der Waals surface area contributed by atoms with Gasteiger partial charge in [-0.25, -0.2) is 0 Å². The van der Waals surface area contributed by atoms with Crippen LogP contribution < -0.4 is 5.32 Å². The van der Waals surface area contributed by atoms with Crippen molar-refractivity contribution >= 4 is 24.2 Å². The fraction of sp³-hybridized carbons (Fsp3) is 0.857. The highest BCUT2D eigenvalue weighted by Gasteiger charge is 2.33. The highest BCUT2D eigenvalue weighted by molar-refractivity contribution is 5.85. The minimum Gasteiger partial charge on any atom is -0.339 e. The van der Waals surface area contributed by atoms with Gasteiger partial charge in [-0.1, -0.05) is 20.8 Å². The highest BCUT2D eigenvalue weighted by Crippen LogP contribution is 2.19. The molecule has 2 amide bonds. The normalized spacial score (nSPS) is 23.4. The fourth-order valence-corrected chi connectivity index (χ4v) is 2.72. The summed E-state index contributed by atoms with van der Waals surface area (Å²) in [5.74, 6) is 0.388. The average molecular weight is 304 g/mol. The maximum atomic E-state index is 12.2. The van der Waals surface area contributed by atoms with E-state index in [1.54, 1.807) is 0 Å². The molecule has 2 fully saturated rings. The van der Waals surface area contributed by atoms with Crippen LogP contribution in [-0.4, -0.2) is 60.4 Å². The molecule has 0 saturated carbocycles.